The van der Waals surface area contributed by atoms with Crippen molar-refractivity contribution in [2.45, 2.75) is 6.73 Å². The van der Waals surface area contributed by atoms with E-state index in [-0.39, 0.29) is 24.2 Å². The molecule has 0 amide bonds. The van der Waals surface area contributed by atoms with Gasteiger partial charge in [-0.2, -0.15) is 0 Å². The molecule has 19 heavy (non-hydrogen) atoms. The minimum absolute atomic E-state index is 0.0948. The van der Waals surface area contributed by atoms with Gasteiger partial charge < -0.3 is 14.9 Å². The third kappa shape index (κ3) is 2.67. The maximum Gasteiger partial charge on any atom is 0.220 e. The first kappa shape index (κ1) is 13.7. The summed E-state index contributed by atoms with van der Waals surface area (Å²) in [4.78, 5) is 11.9. The minimum Gasteiger partial charge on any atom is -0.493 e. The molecule has 1 heterocycles. The molecule has 2 N–H and O–H groups in total. The molecule has 0 saturated carbocycles. The summed E-state index contributed by atoms with van der Waals surface area (Å²) in [7, 11) is 1.42. The average molecular weight is 297 g/mol. The van der Waals surface area contributed by atoms with Gasteiger partial charge in [0, 0.05) is 0 Å². The highest BCUT2D eigenvalue weighted by molar-refractivity contribution is 7.73. The van der Waals surface area contributed by atoms with Crippen LogP contribution in [0.15, 0.2) is 29.6 Å². The van der Waals surface area contributed by atoms with E-state index in [1.807, 2.05) is 0 Å². The van der Waals surface area contributed by atoms with Crippen LogP contribution < -0.4 is 0 Å². The second-order valence-electron chi connectivity index (χ2n) is 3.68. The molecule has 7 heteroatoms. The quantitative estimate of drug-likeness (QED) is 0.835. The zero-order valence-corrected chi connectivity index (χ0v) is 11.6. The van der Waals surface area contributed by atoms with E-state index in [0.29, 0.717) is 14.4 Å². The van der Waals surface area contributed by atoms with Crippen molar-refractivity contribution in [1.82, 2.24) is 4.57 Å². The van der Waals surface area contributed by atoms with Crippen molar-refractivity contribution in [3.8, 4) is 5.88 Å². The van der Waals surface area contributed by atoms with Gasteiger partial charge in [0.25, 0.3) is 0 Å². The maximum absolute atomic E-state index is 11.4. The predicted molar refractivity (Wildman–Crippen MR) is 74.2 cm³/mol. The highest BCUT2D eigenvalue weighted by Crippen LogP contribution is 2.29. The molecule has 0 bridgehead atoms. The van der Waals surface area contributed by atoms with Crippen LogP contribution in [-0.4, -0.2) is 27.7 Å². The smallest absolute Gasteiger partial charge is 0.220 e. The number of thiazole rings is 1. The van der Waals surface area contributed by atoms with Gasteiger partial charge in [-0.3, -0.25) is 9.36 Å². The Balaban J connectivity index is 2.43. The molecule has 1 aliphatic rings. The Morgan fingerprint density at radius 1 is 1.53 bits per heavy atom. The summed E-state index contributed by atoms with van der Waals surface area (Å²) >= 11 is 6.18. The lowest BCUT2D eigenvalue weighted by atomic mass is 10.1. The molecule has 0 saturated heterocycles. The van der Waals surface area contributed by atoms with Crippen molar-refractivity contribution in [1.29, 1.82) is 0 Å². The number of hydrogen-bond acceptors (Lipinski definition) is 6. The van der Waals surface area contributed by atoms with Gasteiger partial charge in [-0.05, 0) is 36.0 Å². The van der Waals surface area contributed by atoms with E-state index in [4.69, 9.17) is 22.1 Å². The minimum atomic E-state index is -0.377. The van der Waals surface area contributed by atoms with Crippen molar-refractivity contribution >= 4 is 35.4 Å². The topological polar surface area (TPSA) is 71.7 Å². The number of ether oxygens (including phenoxy) is 1. The number of aromatic hydroxyl groups is 1. The molecule has 0 unspecified atom stereocenters. The number of nitrogens with zero attached hydrogens (tertiary/aromatic N) is 1. The van der Waals surface area contributed by atoms with Crippen LogP contribution in [0, 0.1) is 3.95 Å². The number of ketones is 1. The molecule has 0 radical (unpaired) electrons. The van der Waals surface area contributed by atoms with E-state index in [1.165, 1.54) is 29.1 Å². The van der Waals surface area contributed by atoms with Crippen molar-refractivity contribution in [3.05, 3.63) is 38.4 Å². The average Bonchev–Trinajstić information content (AvgIpc) is 2.66. The number of aliphatic hydroxyl groups excluding tert-OH is 1. The summed E-state index contributed by atoms with van der Waals surface area (Å²) in [5, 5.41) is 18.9. The van der Waals surface area contributed by atoms with Crippen molar-refractivity contribution in [2.24, 2.45) is 0 Å². The molecule has 1 aromatic heterocycles. The molecule has 100 valence electrons. The van der Waals surface area contributed by atoms with Gasteiger partial charge in [0.15, 0.2) is 9.71 Å². The van der Waals surface area contributed by atoms with Crippen LogP contribution in [0.5, 0.6) is 5.88 Å². The summed E-state index contributed by atoms with van der Waals surface area (Å²) < 4.78 is 6.53. The predicted octanol–water partition coefficient (Wildman–Crippen LogP) is 1.99. The zero-order chi connectivity index (χ0) is 14.0. The Morgan fingerprint density at radius 2 is 2.26 bits per heavy atom. The molecule has 0 spiro atoms. The molecule has 0 aliphatic heterocycles. The van der Waals surface area contributed by atoms with Crippen LogP contribution in [0.4, 0.5) is 0 Å². The first-order valence-electron chi connectivity index (χ1n) is 5.30. The number of carbonyl (C=O) groups excluding carboxylic acids is 1. The van der Waals surface area contributed by atoms with Crippen LogP contribution in [0.1, 0.15) is 4.88 Å². The molecule has 0 atom stereocenters. The van der Waals surface area contributed by atoms with Gasteiger partial charge >= 0.3 is 0 Å². The van der Waals surface area contributed by atoms with E-state index in [1.54, 1.807) is 18.2 Å². The van der Waals surface area contributed by atoms with Gasteiger partial charge in [-0.25, -0.2) is 0 Å². The van der Waals surface area contributed by atoms with Gasteiger partial charge in [-0.1, -0.05) is 6.08 Å². The first-order chi connectivity index (χ1) is 9.06. The SMILES string of the molecule is COC1=CC(=Cc2sc(=S)n(CO)c2O)C=CC1=O. The lowest BCUT2D eigenvalue weighted by Gasteiger charge is -2.07. The highest BCUT2D eigenvalue weighted by Gasteiger charge is 2.13. The number of hydrogen-bond donors (Lipinski definition) is 2. The van der Waals surface area contributed by atoms with Crippen LogP contribution >= 0.6 is 23.6 Å². The summed E-state index contributed by atoms with van der Waals surface area (Å²) in [6.07, 6.45) is 6.26. The molecule has 1 aromatic rings. The van der Waals surface area contributed by atoms with Crippen LogP contribution in [-0.2, 0) is 16.3 Å². The molecular weight excluding hydrogens is 286 g/mol. The number of rotatable bonds is 3. The Hall–Kier alpha value is -1.70. The normalized spacial score (nSPS) is 16.8. The fourth-order valence-corrected chi connectivity index (χ4v) is 2.81. The summed E-state index contributed by atoms with van der Waals surface area (Å²) in [6.45, 7) is -0.377. The van der Waals surface area contributed by atoms with Gasteiger partial charge in [-0.15, -0.1) is 11.3 Å². The fraction of sp³-hybridized carbons (Fsp3) is 0.167. The summed E-state index contributed by atoms with van der Waals surface area (Å²) in [5.74, 6) is -0.0643. The fourth-order valence-electron chi connectivity index (χ4n) is 1.56. The van der Waals surface area contributed by atoms with Gasteiger partial charge in [0.2, 0.25) is 11.7 Å². The summed E-state index contributed by atoms with van der Waals surface area (Å²) in [5.41, 5.74) is 0.702. The van der Waals surface area contributed by atoms with Gasteiger partial charge in [0.1, 0.15) is 6.73 Å². The van der Waals surface area contributed by atoms with E-state index in [9.17, 15) is 9.90 Å². The number of methoxy groups -OCH3 is 1. The molecule has 0 fully saturated rings. The van der Waals surface area contributed by atoms with Crippen molar-refractivity contribution in [3.63, 3.8) is 0 Å². The molecular formula is C12H11NO4S2. The number of aromatic nitrogens is 1. The zero-order valence-electron chi connectivity index (χ0n) is 9.99. The van der Waals surface area contributed by atoms with Crippen molar-refractivity contribution < 1.29 is 19.7 Å². The van der Waals surface area contributed by atoms with E-state index in [0.717, 1.165) is 0 Å². The van der Waals surface area contributed by atoms with Crippen LogP contribution in [0.25, 0.3) is 6.08 Å². The third-order valence-corrected chi connectivity index (χ3v) is 3.91. The Kier molecular flexibility index (Phi) is 3.98. The summed E-state index contributed by atoms with van der Waals surface area (Å²) in [6, 6.07) is 0. The molecule has 5 nitrogen and oxygen atoms in total. The van der Waals surface area contributed by atoms with E-state index >= 15 is 0 Å². The molecule has 2 rings (SSSR count). The Labute approximate surface area is 118 Å². The third-order valence-electron chi connectivity index (χ3n) is 2.52. The van der Waals surface area contributed by atoms with Gasteiger partial charge in [0.05, 0.1) is 12.0 Å². The Morgan fingerprint density at radius 3 is 2.84 bits per heavy atom. The Bertz CT molecular complexity index is 664. The lowest BCUT2D eigenvalue weighted by Crippen LogP contribution is -2.04. The largest absolute Gasteiger partial charge is 0.493 e. The monoisotopic (exact) mass is 297 g/mol. The highest BCUT2D eigenvalue weighted by atomic mass is 32.1. The van der Waals surface area contributed by atoms with E-state index in [2.05, 4.69) is 0 Å². The lowest BCUT2D eigenvalue weighted by molar-refractivity contribution is -0.114. The first-order valence-corrected chi connectivity index (χ1v) is 6.52. The maximum atomic E-state index is 11.4. The molecule has 0 aromatic carbocycles. The van der Waals surface area contributed by atoms with Crippen LogP contribution in [0.2, 0.25) is 0 Å². The number of allylic oxidation sites excluding steroid dienone is 4. The second kappa shape index (κ2) is 5.52. The standard InChI is InChI=1S/C12H11NO4S2/c1-17-9-4-7(2-3-8(9)15)5-10-11(16)13(6-14)12(18)19-10/h2-5,14,16H,6H2,1H3. The van der Waals surface area contributed by atoms with Crippen molar-refractivity contribution in [2.75, 3.05) is 7.11 Å². The molecule has 1 aliphatic carbocycles. The number of aliphatic hydroxyl groups is 1. The second-order valence-corrected chi connectivity index (χ2v) is 5.36. The number of carbonyl (C=O) groups is 1. The van der Waals surface area contributed by atoms with Crippen LogP contribution in [0.3, 0.4) is 0 Å². The van der Waals surface area contributed by atoms with E-state index < -0.39 is 0 Å².